The van der Waals surface area contributed by atoms with Gasteiger partial charge >= 0.3 is 5.97 Å². The third kappa shape index (κ3) is 5.29. The smallest absolute Gasteiger partial charge is 0.345 e. The van der Waals surface area contributed by atoms with Crippen LogP contribution in [0.1, 0.15) is 35.6 Å². The number of benzene rings is 2. The van der Waals surface area contributed by atoms with Crippen LogP contribution in [0.25, 0.3) is 0 Å². The molecule has 2 aromatic rings. The number of rotatable bonds is 7. The number of carbonyl (C=O) groups excluding carboxylic acids is 2. The Hall–Kier alpha value is -2.89. The number of hydrogen-bond acceptors (Lipinski definition) is 4. The van der Waals surface area contributed by atoms with Gasteiger partial charge in [-0.3, -0.25) is 4.79 Å². The molecule has 1 atom stereocenters. The molecule has 142 valence electrons. The normalized spacial score (nSPS) is 14.3. The standard InChI is InChI=1S/C21H22FNO4/c1-13-3-10-18(11-14(13)2)26-12-19(24)27-20(21(25)23-17-8-9-17)15-4-6-16(22)7-5-15/h3-7,10-11,17,20H,8-9,12H2,1-2H3,(H,23,25). The second kappa shape index (κ2) is 8.20. The van der Waals surface area contributed by atoms with Gasteiger partial charge in [-0.2, -0.15) is 0 Å². The van der Waals surface area contributed by atoms with E-state index in [4.69, 9.17) is 9.47 Å². The zero-order valence-electron chi connectivity index (χ0n) is 15.3. The minimum Gasteiger partial charge on any atom is -0.482 e. The van der Waals surface area contributed by atoms with Gasteiger partial charge in [0.2, 0.25) is 6.10 Å². The summed E-state index contributed by atoms with van der Waals surface area (Å²) < 4.78 is 24.0. The Morgan fingerprint density at radius 3 is 2.44 bits per heavy atom. The van der Waals surface area contributed by atoms with Crippen LogP contribution >= 0.6 is 0 Å². The summed E-state index contributed by atoms with van der Waals surface area (Å²) in [7, 11) is 0. The molecule has 0 bridgehead atoms. The summed E-state index contributed by atoms with van der Waals surface area (Å²) in [5.74, 6) is -0.961. The van der Waals surface area contributed by atoms with Crippen LogP contribution in [0.15, 0.2) is 42.5 Å². The molecule has 0 aliphatic heterocycles. The van der Waals surface area contributed by atoms with Crippen LogP contribution in [0.3, 0.4) is 0 Å². The summed E-state index contributed by atoms with van der Waals surface area (Å²) in [4.78, 5) is 24.7. The minimum atomic E-state index is -1.14. The molecule has 1 fully saturated rings. The van der Waals surface area contributed by atoms with Crippen LogP contribution in [-0.4, -0.2) is 24.5 Å². The Kier molecular flexibility index (Phi) is 5.74. The quantitative estimate of drug-likeness (QED) is 0.758. The van der Waals surface area contributed by atoms with Crippen molar-refractivity contribution in [3.63, 3.8) is 0 Å². The lowest BCUT2D eigenvalue weighted by Crippen LogP contribution is -2.34. The molecule has 6 heteroatoms. The lowest BCUT2D eigenvalue weighted by molar-refractivity contribution is -0.158. The second-order valence-corrected chi connectivity index (χ2v) is 6.74. The summed E-state index contributed by atoms with van der Waals surface area (Å²) in [5, 5.41) is 2.81. The first kappa shape index (κ1) is 18.9. The van der Waals surface area contributed by atoms with E-state index in [9.17, 15) is 14.0 Å². The van der Waals surface area contributed by atoms with Crippen molar-refractivity contribution in [1.29, 1.82) is 0 Å². The van der Waals surface area contributed by atoms with Gasteiger partial charge in [0.25, 0.3) is 5.91 Å². The van der Waals surface area contributed by atoms with Crippen LogP contribution < -0.4 is 10.1 Å². The molecule has 1 aliphatic carbocycles. The van der Waals surface area contributed by atoms with E-state index in [2.05, 4.69) is 5.32 Å². The molecule has 3 rings (SSSR count). The highest BCUT2D eigenvalue weighted by atomic mass is 19.1. The highest BCUT2D eigenvalue weighted by Crippen LogP contribution is 2.24. The third-order valence-corrected chi connectivity index (χ3v) is 4.42. The number of amides is 1. The van der Waals surface area contributed by atoms with Gasteiger partial charge in [0.1, 0.15) is 11.6 Å². The Morgan fingerprint density at radius 2 is 1.81 bits per heavy atom. The van der Waals surface area contributed by atoms with Crippen molar-refractivity contribution in [2.24, 2.45) is 0 Å². The highest BCUT2D eigenvalue weighted by Gasteiger charge is 2.31. The number of halogens is 1. The zero-order valence-corrected chi connectivity index (χ0v) is 15.3. The van der Waals surface area contributed by atoms with Crippen molar-refractivity contribution in [2.45, 2.75) is 38.8 Å². The topological polar surface area (TPSA) is 64.6 Å². The van der Waals surface area contributed by atoms with E-state index in [1.807, 2.05) is 26.0 Å². The number of esters is 1. The average Bonchev–Trinajstić information content (AvgIpc) is 3.45. The maximum Gasteiger partial charge on any atom is 0.345 e. The molecule has 27 heavy (non-hydrogen) atoms. The number of aryl methyl sites for hydroxylation is 2. The number of carbonyl (C=O) groups is 2. The molecule has 0 aromatic heterocycles. The Balaban J connectivity index is 1.64. The van der Waals surface area contributed by atoms with Crippen molar-refractivity contribution in [1.82, 2.24) is 5.32 Å². The molecule has 2 aromatic carbocycles. The molecular weight excluding hydrogens is 349 g/mol. The third-order valence-electron chi connectivity index (χ3n) is 4.42. The van der Waals surface area contributed by atoms with Crippen LogP contribution in [-0.2, 0) is 14.3 Å². The summed E-state index contributed by atoms with van der Waals surface area (Å²) in [5.41, 5.74) is 2.58. The first-order valence-electron chi connectivity index (χ1n) is 8.88. The monoisotopic (exact) mass is 371 g/mol. The molecule has 1 N–H and O–H groups in total. The van der Waals surface area contributed by atoms with Crippen molar-refractivity contribution < 1.29 is 23.5 Å². The van der Waals surface area contributed by atoms with Crippen LogP contribution in [0.5, 0.6) is 5.75 Å². The van der Waals surface area contributed by atoms with Gasteiger partial charge in [0.05, 0.1) is 0 Å². The van der Waals surface area contributed by atoms with Crippen LogP contribution in [0.2, 0.25) is 0 Å². The molecule has 1 amide bonds. The maximum absolute atomic E-state index is 13.2. The molecule has 0 spiro atoms. The maximum atomic E-state index is 13.2. The van der Waals surface area contributed by atoms with Gasteiger partial charge in [-0.1, -0.05) is 18.2 Å². The van der Waals surface area contributed by atoms with Gasteiger partial charge < -0.3 is 14.8 Å². The molecule has 1 unspecified atom stereocenters. The molecular formula is C21H22FNO4. The predicted octanol–water partition coefficient (Wildman–Crippen LogP) is 3.38. The van der Waals surface area contributed by atoms with Crippen molar-refractivity contribution in [3.05, 3.63) is 65.0 Å². The fraction of sp³-hybridized carbons (Fsp3) is 0.333. The van der Waals surface area contributed by atoms with E-state index in [-0.39, 0.29) is 12.6 Å². The van der Waals surface area contributed by atoms with E-state index in [1.54, 1.807) is 6.07 Å². The van der Waals surface area contributed by atoms with Gasteiger partial charge in [-0.15, -0.1) is 0 Å². The highest BCUT2D eigenvalue weighted by molar-refractivity contribution is 5.85. The first-order valence-corrected chi connectivity index (χ1v) is 8.88. The molecule has 0 saturated heterocycles. The van der Waals surface area contributed by atoms with Gasteiger partial charge in [-0.25, -0.2) is 9.18 Å². The SMILES string of the molecule is Cc1ccc(OCC(=O)OC(C(=O)NC2CC2)c2ccc(F)cc2)cc1C. The Morgan fingerprint density at radius 1 is 1.11 bits per heavy atom. The number of ether oxygens (including phenoxy) is 2. The van der Waals surface area contributed by atoms with E-state index >= 15 is 0 Å². The lowest BCUT2D eigenvalue weighted by Gasteiger charge is -2.18. The summed E-state index contributed by atoms with van der Waals surface area (Å²) in [6.07, 6.45) is 0.680. The van der Waals surface area contributed by atoms with Gasteiger partial charge in [0, 0.05) is 11.6 Å². The molecule has 0 heterocycles. The van der Waals surface area contributed by atoms with E-state index in [0.717, 1.165) is 24.0 Å². The number of nitrogens with one attached hydrogen (secondary N) is 1. The van der Waals surface area contributed by atoms with Crippen molar-refractivity contribution >= 4 is 11.9 Å². The Labute approximate surface area is 157 Å². The van der Waals surface area contributed by atoms with Crippen molar-refractivity contribution in [2.75, 3.05) is 6.61 Å². The van der Waals surface area contributed by atoms with Crippen LogP contribution in [0, 0.1) is 19.7 Å². The molecule has 5 nitrogen and oxygen atoms in total. The first-order chi connectivity index (χ1) is 12.9. The summed E-state index contributed by atoms with van der Waals surface area (Å²) >= 11 is 0. The van der Waals surface area contributed by atoms with E-state index in [0.29, 0.717) is 11.3 Å². The molecule has 0 radical (unpaired) electrons. The minimum absolute atomic E-state index is 0.117. The average molecular weight is 371 g/mol. The fourth-order valence-corrected chi connectivity index (χ4v) is 2.53. The lowest BCUT2D eigenvalue weighted by atomic mass is 10.1. The molecule has 1 aliphatic rings. The summed E-state index contributed by atoms with van der Waals surface area (Å²) in [6.45, 7) is 3.61. The Bertz CT molecular complexity index is 831. The fourth-order valence-electron chi connectivity index (χ4n) is 2.53. The summed E-state index contributed by atoms with van der Waals surface area (Å²) in [6, 6.07) is 10.9. The van der Waals surface area contributed by atoms with E-state index in [1.165, 1.54) is 24.3 Å². The van der Waals surface area contributed by atoms with Crippen molar-refractivity contribution in [3.8, 4) is 5.75 Å². The molecule has 1 saturated carbocycles. The van der Waals surface area contributed by atoms with Crippen LogP contribution in [0.4, 0.5) is 4.39 Å². The van der Waals surface area contributed by atoms with E-state index < -0.39 is 23.8 Å². The largest absolute Gasteiger partial charge is 0.482 e. The number of hydrogen-bond donors (Lipinski definition) is 1. The van der Waals surface area contributed by atoms with Gasteiger partial charge in [-0.05, 0) is 62.1 Å². The van der Waals surface area contributed by atoms with Gasteiger partial charge in [0.15, 0.2) is 6.61 Å². The second-order valence-electron chi connectivity index (χ2n) is 6.74. The zero-order chi connectivity index (χ0) is 19.4. The predicted molar refractivity (Wildman–Crippen MR) is 97.8 cm³/mol.